The fourth-order valence-corrected chi connectivity index (χ4v) is 10.5. The van der Waals surface area contributed by atoms with Crippen molar-refractivity contribution < 1.29 is 168 Å². The third-order valence-electron chi connectivity index (χ3n) is 15.2. The van der Waals surface area contributed by atoms with Crippen molar-refractivity contribution in [3.8, 4) is 0 Å². The molecular weight excluding hydrogens is 1120 g/mol. The third-order valence-corrected chi connectivity index (χ3v) is 15.2. The second-order valence-electron chi connectivity index (χ2n) is 21.1. The van der Waals surface area contributed by atoms with Gasteiger partial charge < -0.3 is 169 Å². The third kappa shape index (κ3) is 14.5. The van der Waals surface area contributed by atoms with E-state index in [1.165, 1.54) is 13.8 Å². The van der Waals surface area contributed by atoms with Crippen LogP contribution in [0, 0.1) is 0 Å². The highest BCUT2D eigenvalue weighted by atomic mass is 16.8. The van der Waals surface area contributed by atoms with Crippen LogP contribution in [-0.4, -0.2) is 357 Å². The maximum atomic E-state index is 13.0. The first-order valence-corrected chi connectivity index (χ1v) is 26.3. The summed E-state index contributed by atoms with van der Waals surface area (Å²) in [4.78, 5) is 25.7. The number of aliphatic hydroxyl groups excluding tert-OH is 19. The first kappa shape index (κ1) is 67.2. The van der Waals surface area contributed by atoms with Crippen LogP contribution in [0.3, 0.4) is 0 Å². The summed E-state index contributed by atoms with van der Waals surface area (Å²) < 4.78 is 75.9. The maximum Gasteiger partial charge on any atom is 0.217 e. The molecule has 36 nitrogen and oxygen atoms in total. The summed E-state index contributed by atoms with van der Waals surface area (Å²) in [6.45, 7) is -0.0441. The minimum Gasteiger partial charge on any atom is -0.394 e. The van der Waals surface area contributed by atoms with Crippen LogP contribution in [0.25, 0.3) is 0 Å². The maximum absolute atomic E-state index is 13.0. The zero-order valence-electron chi connectivity index (χ0n) is 44.4. The highest BCUT2D eigenvalue weighted by Crippen LogP contribution is 2.37. The van der Waals surface area contributed by atoms with Crippen molar-refractivity contribution >= 4 is 11.8 Å². The molecule has 7 aliphatic rings. The number of aliphatic hydroxyl groups is 19. The van der Waals surface area contributed by atoms with E-state index in [2.05, 4.69) is 10.6 Å². The van der Waals surface area contributed by atoms with E-state index in [1.807, 2.05) is 0 Å². The van der Waals surface area contributed by atoms with Gasteiger partial charge in [0.15, 0.2) is 44.0 Å². The van der Waals surface area contributed by atoms with Gasteiger partial charge in [-0.25, -0.2) is 0 Å². The molecule has 2 amide bonds. The van der Waals surface area contributed by atoms with Crippen molar-refractivity contribution in [1.29, 1.82) is 0 Å². The molecule has 0 aliphatic carbocycles. The molecule has 7 rings (SSSR count). The molecule has 0 aromatic carbocycles. The largest absolute Gasteiger partial charge is 0.394 e. The Hall–Kier alpha value is -2.34. The first-order valence-electron chi connectivity index (χ1n) is 26.3. The van der Waals surface area contributed by atoms with Crippen molar-refractivity contribution in [2.45, 2.75) is 243 Å². The summed E-state index contributed by atoms with van der Waals surface area (Å²) in [5.74, 6) is -1.73. The normalized spacial score (nSPS) is 51.3. The van der Waals surface area contributed by atoms with Gasteiger partial charge in [-0.2, -0.15) is 0 Å². The molecule has 0 spiro atoms. The molecule has 7 aliphatic heterocycles. The molecular formula is C46H78N2O34. The van der Waals surface area contributed by atoms with Crippen LogP contribution in [0.1, 0.15) is 27.7 Å². The molecule has 7 fully saturated rings. The molecule has 0 radical (unpaired) electrons. The van der Waals surface area contributed by atoms with E-state index in [0.717, 1.165) is 13.8 Å². The van der Waals surface area contributed by atoms with Crippen molar-refractivity contribution in [3.05, 3.63) is 0 Å². The van der Waals surface area contributed by atoms with Gasteiger partial charge in [0.1, 0.15) is 159 Å². The Kier molecular flexibility index (Phi) is 23.5. The molecule has 82 heavy (non-hydrogen) atoms. The molecule has 35 atom stereocenters. The second kappa shape index (κ2) is 28.7. The number of ether oxygens (including phenoxy) is 13. The molecule has 0 saturated carbocycles. The Labute approximate surface area is 465 Å². The fourth-order valence-electron chi connectivity index (χ4n) is 10.5. The quantitative estimate of drug-likeness (QED) is 0.0571. The van der Waals surface area contributed by atoms with Crippen molar-refractivity contribution in [2.75, 3.05) is 33.0 Å². The van der Waals surface area contributed by atoms with E-state index >= 15 is 0 Å². The van der Waals surface area contributed by atoms with E-state index in [0.29, 0.717) is 0 Å². The van der Waals surface area contributed by atoms with Crippen LogP contribution in [0.2, 0.25) is 0 Å². The summed E-state index contributed by atoms with van der Waals surface area (Å²) in [6.07, 6.45) is -62.0. The van der Waals surface area contributed by atoms with Gasteiger partial charge in [0, 0.05) is 13.8 Å². The van der Waals surface area contributed by atoms with Crippen LogP contribution in [-0.2, 0) is 71.2 Å². The SMILES string of the molecule is CC(=O)N[C@@H]1[C@@H](O[C@@H]2O[C@@H](C)[C@@H](O)[C@@H](O)[C@@H]2O)[C@H](O[C@@H]2O[C@H](CO)[C@@H](O[C@H]3O[C@H](CO[C@H]4O[C@H](CO)[C@@H](O)[C@H](O)[C@@H]4O)[C@@H](O)[C@H](O[C@@H]4O[C@H](CO)[C@@H](O)[C@H](O)[C@@H]4O)[C@@H]3O)[C@H](O)[C@H]2NC(C)=O)[C@@H](CO[C@@H]2O[C@@H](C)[C@@H](O)[C@@H](O)[C@@H]2O)O[C@H]1O. The van der Waals surface area contributed by atoms with Gasteiger partial charge in [-0.15, -0.1) is 0 Å². The highest BCUT2D eigenvalue weighted by molar-refractivity contribution is 5.73. The van der Waals surface area contributed by atoms with Gasteiger partial charge in [0.05, 0.1) is 45.2 Å². The number of rotatable bonds is 19. The standard InChI is InChI=1S/C46H78N2O34/c1-10-21(54)27(60)31(64)42(72-10)71-9-18-37(38(20(40(69)74-18)48-13(4)53)81-44-33(66)28(61)22(55)11(2)73-44)80-41-19(47-12(3)52)26(59)36(16(7-51)77-41)79-46-35(68)39(82-45-34(67)30(63)24(57)15(6-50)76-45)25(58)17(78-46)8-70-43-32(65)29(62)23(56)14(5-49)75-43/h10-11,14-46,49-51,54-69H,5-9H2,1-4H3,(H,47,52)(H,48,53)/t10-,11-,14+,15+,16+,17+,18+,19+,20+,21+,22+,23+,24+,25+,26+,27+,28+,29-,30-,31-,32-,33-,34-,35-,36+,37+,38+,39-,40+,41-,42+,43-,44-,45-,46+/m0/s1. The number of hydrogen-bond acceptors (Lipinski definition) is 34. The summed E-state index contributed by atoms with van der Waals surface area (Å²) in [6, 6.07) is -3.64. The molecule has 0 bridgehead atoms. The highest BCUT2D eigenvalue weighted by Gasteiger charge is 2.58. The number of nitrogens with one attached hydrogen (secondary N) is 2. The molecule has 0 aromatic heterocycles. The van der Waals surface area contributed by atoms with Crippen LogP contribution < -0.4 is 10.6 Å². The van der Waals surface area contributed by atoms with E-state index in [1.54, 1.807) is 0 Å². The molecule has 36 heteroatoms. The van der Waals surface area contributed by atoms with Gasteiger partial charge in [-0.05, 0) is 13.8 Å². The summed E-state index contributed by atoms with van der Waals surface area (Å²) >= 11 is 0. The molecule has 7 heterocycles. The lowest BCUT2D eigenvalue weighted by Gasteiger charge is -2.51. The topological polar surface area (TPSA) is 563 Å². The zero-order valence-corrected chi connectivity index (χ0v) is 44.4. The lowest BCUT2D eigenvalue weighted by Crippen LogP contribution is -2.71. The van der Waals surface area contributed by atoms with E-state index in [9.17, 15) is 107 Å². The van der Waals surface area contributed by atoms with Gasteiger partial charge >= 0.3 is 0 Å². The van der Waals surface area contributed by atoms with Gasteiger partial charge in [0.2, 0.25) is 11.8 Å². The fraction of sp³-hybridized carbons (Fsp3) is 0.957. The molecule has 0 unspecified atom stereocenters. The summed E-state index contributed by atoms with van der Waals surface area (Å²) in [7, 11) is 0. The van der Waals surface area contributed by atoms with E-state index in [-0.39, 0.29) is 0 Å². The Balaban J connectivity index is 1.21. The van der Waals surface area contributed by atoms with Crippen LogP contribution in [0.5, 0.6) is 0 Å². The Bertz CT molecular complexity index is 2030. The Morgan fingerprint density at radius 1 is 0.341 bits per heavy atom. The lowest BCUT2D eigenvalue weighted by molar-refractivity contribution is -0.388. The second-order valence-corrected chi connectivity index (χ2v) is 21.1. The minimum absolute atomic E-state index is 0.826. The molecule has 7 saturated heterocycles. The molecule has 0 aromatic rings. The number of hydrogen-bond donors (Lipinski definition) is 21. The first-order chi connectivity index (χ1) is 38.6. The predicted octanol–water partition coefficient (Wildman–Crippen LogP) is -13.9. The smallest absolute Gasteiger partial charge is 0.217 e. The number of carbonyl (C=O) groups is 2. The zero-order chi connectivity index (χ0) is 60.5. The Morgan fingerprint density at radius 2 is 0.720 bits per heavy atom. The van der Waals surface area contributed by atoms with E-state index in [4.69, 9.17) is 61.6 Å². The van der Waals surface area contributed by atoms with Gasteiger partial charge in [-0.3, -0.25) is 9.59 Å². The van der Waals surface area contributed by atoms with Gasteiger partial charge in [-0.1, -0.05) is 0 Å². The lowest BCUT2D eigenvalue weighted by atomic mass is 9.93. The minimum atomic E-state index is -2.29. The predicted molar refractivity (Wildman–Crippen MR) is 252 cm³/mol. The summed E-state index contributed by atoms with van der Waals surface area (Å²) in [5.41, 5.74) is 0. The van der Waals surface area contributed by atoms with E-state index < -0.39 is 260 Å². The molecule has 21 N–H and O–H groups in total. The summed E-state index contributed by atoms with van der Waals surface area (Å²) in [5, 5.41) is 210. The van der Waals surface area contributed by atoms with Gasteiger partial charge in [0.25, 0.3) is 0 Å². The number of carbonyl (C=O) groups excluding carboxylic acids is 2. The van der Waals surface area contributed by atoms with Crippen LogP contribution in [0.15, 0.2) is 0 Å². The van der Waals surface area contributed by atoms with Crippen molar-refractivity contribution in [2.24, 2.45) is 0 Å². The van der Waals surface area contributed by atoms with Crippen molar-refractivity contribution in [3.63, 3.8) is 0 Å². The average Bonchev–Trinajstić information content (AvgIpc) is 2.90. The van der Waals surface area contributed by atoms with Crippen LogP contribution >= 0.6 is 0 Å². The van der Waals surface area contributed by atoms with Crippen molar-refractivity contribution in [1.82, 2.24) is 10.6 Å². The average molecular weight is 1200 g/mol. The Morgan fingerprint density at radius 3 is 1.24 bits per heavy atom. The van der Waals surface area contributed by atoms with Crippen LogP contribution in [0.4, 0.5) is 0 Å². The monoisotopic (exact) mass is 1200 g/mol. The number of amides is 2. The molecule has 476 valence electrons.